The van der Waals surface area contributed by atoms with Crippen molar-refractivity contribution in [1.29, 1.82) is 0 Å². The molecule has 135 heavy (non-hydrogen) atoms. The highest BCUT2D eigenvalue weighted by atomic mass is 16.4. The molecule has 27 rings (SSSR count). The van der Waals surface area contributed by atoms with E-state index in [9.17, 15) is 0 Å². The molecule has 9 aromatic heterocycles. The molecule has 0 saturated heterocycles. The van der Waals surface area contributed by atoms with Gasteiger partial charge in [0, 0.05) is 100 Å². The monoisotopic (exact) mass is 1730 g/mol. The Hall–Kier alpha value is -18.6. The zero-order valence-corrected chi connectivity index (χ0v) is 72.2. The molecule has 15 nitrogen and oxygen atoms in total. The molecule has 9 heterocycles. The molecule has 18 aromatic carbocycles. The lowest BCUT2D eigenvalue weighted by molar-refractivity contribution is 0.619. The van der Waals surface area contributed by atoms with Crippen LogP contribution in [0.3, 0.4) is 0 Å². The van der Waals surface area contributed by atoms with E-state index < -0.39 is 0 Å². The fourth-order valence-electron chi connectivity index (χ4n) is 18.4. The molecule has 27 aromatic rings. The molecule has 0 saturated carbocycles. The summed E-state index contributed by atoms with van der Waals surface area (Å²) in [6, 6.07) is 144. The quantitative estimate of drug-likeness (QED) is 0.105. The lowest BCUT2D eigenvalue weighted by atomic mass is 9.93. The number of nitrogens with zero attached hydrogens (tertiary/aromatic N) is 12. The fraction of sp³-hybridized carbons (Fsp3) is 0. The van der Waals surface area contributed by atoms with Gasteiger partial charge >= 0.3 is 0 Å². The SMILES string of the molecule is c1cc(-c2ccc3ccc4cccnc4c3c2)cc(-c2nc3ccccc3nc2-c2cccc(-c3nc4ccccc4o3)c2)c1.c1cc(-c2nc3ccccc3o2)cc(-c2nc3ccccc3nc2-c2cccc(-c3cc4cccnc4c4ccccc34)c2)c1.c1cc(-c2nc3ccccc3o2)cc(-c2nc3ccccc3nc2-c2cccc(-c3nc4ccccc4c4ccccc34)c2)c1. The van der Waals surface area contributed by atoms with Crippen molar-refractivity contribution in [2.75, 3.05) is 0 Å². The molecule has 0 aliphatic heterocycles. The van der Waals surface area contributed by atoms with Crippen LogP contribution >= 0.6 is 0 Å². The van der Waals surface area contributed by atoms with Crippen molar-refractivity contribution < 1.29 is 13.3 Å². The average molecular weight is 1730 g/mol. The number of para-hydroxylation sites is 13. The maximum absolute atomic E-state index is 6.11. The van der Waals surface area contributed by atoms with Crippen LogP contribution in [0.5, 0.6) is 0 Å². The van der Waals surface area contributed by atoms with Crippen molar-refractivity contribution in [3.05, 3.63) is 437 Å². The maximum atomic E-state index is 6.11. The van der Waals surface area contributed by atoms with E-state index in [1.807, 2.05) is 213 Å². The summed E-state index contributed by atoms with van der Waals surface area (Å²) in [5.41, 5.74) is 32.5. The van der Waals surface area contributed by atoms with Gasteiger partial charge in [0.15, 0.2) is 16.7 Å². The highest BCUT2D eigenvalue weighted by Crippen LogP contribution is 2.44. The zero-order chi connectivity index (χ0) is 89.2. The van der Waals surface area contributed by atoms with Gasteiger partial charge in [0.05, 0.1) is 89.5 Å². The van der Waals surface area contributed by atoms with Crippen LogP contribution in [0.1, 0.15) is 0 Å². The number of hydrogen-bond acceptors (Lipinski definition) is 15. The molecule has 15 heteroatoms. The molecule has 630 valence electrons. The molecule has 0 amide bonds. The van der Waals surface area contributed by atoms with Crippen LogP contribution in [0, 0.1) is 0 Å². The Balaban J connectivity index is 0.000000108. The first kappa shape index (κ1) is 78.6. The van der Waals surface area contributed by atoms with Gasteiger partial charge in [0.25, 0.3) is 0 Å². The summed E-state index contributed by atoms with van der Waals surface area (Å²) < 4.78 is 18.3. The smallest absolute Gasteiger partial charge is 0.227 e. The Kier molecular flexibility index (Phi) is 19.5. The Morgan fingerprint density at radius 2 is 0.444 bits per heavy atom. The Morgan fingerprint density at radius 1 is 0.148 bits per heavy atom. The van der Waals surface area contributed by atoms with Crippen LogP contribution in [-0.2, 0) is 0 Å². The van der Waals surface area contributed by atoms with Crippen molar-refractivity contribution in [2.45, 2.75) is 0 Å². The minimum absolute atomic E-state index is 0.574. The normalized spacial score (nSPS) is 11.6. The van der Waals surface area contributed by atoms with Gasteiger partial charge in [-0.05, 0) is 196 Å². The molecule has 0 radical (unpaired) electrons. The predicted molar refractivity (Wildman–Crippen MR) is 545 cm³/mol. The second-order valence-corrected chi connectivity index (χ2v) is 33.3. The summed E-state index contributed by atoms with van der Waals surface area (Å²) in [4.78, 5) is 59.8. The van der Waals surface area contributed by atoms with Gasteiger partial charge in [-0.2, -0.15) is 0 Å². The van der Waals surface area contributed by atoms with Crippen molar-refractivity contribution in [3.63, 3.8) is 0 Å². The van der Waals surface area contributed by atoms with Gasteiger partial charge in [0.2, 0.25) is 17.7 Å². The first-order chi connectivity index (χ1) is 66.8. The number of aromatic nitrogens is 12. The van der Waals surface area contributed by atoms with E-state index in [4.69, 9.17) is 73.1 Å². The summed E-state index contributed by atoms with van der Waals surface area (Å²) >= 11 is 0. The third kappa shape index (κ3) is 14.8. The van der Waals surface area contributed by atoms with Gasteiger partial charge in [-0.25, -0.2) is 49.8 Å². The lowest BCUT2D eigenvalue weighted by Gasteiger charge is -2.14. The number of hydrogen-bond donors (Lipinski definition) is 0. The topological polar surface area (TPSA) is 194 Å². The fourth-order valence-corrected chi connectivity index (χ4v) is 18.4. The summed E-state index contributed by atoms with van der Waals surface area (Å²) in [7, 11) is 0. The molecule has 0 atom stereocenters. The third-order valence-corrected chi connectivity index (χ3v) is 24.9. The van der Waals surface area contributed by atoms with E-state index in [-0.39, 0.29) is 0 Å². The predicted octanol–water partition coefficient (Wildman–Crippen LogP) is 30.4. The number of benzene rings is 18. The standard InChI is InChI=1S/3C40H24N4O/c1-2-14-34-33(13-1)42-38(39(43-34)30-10-6-11-31(23-30)40-44-35-15-3-4-16-36(35)45-40)29-9-5-8-27(22-29)28-20-18-25-17-19-26-12-7-21-41-37(26)32(25)24-28;1-2-16-31-30(15-1)32(24-28-14-9-21-41-37(28)31)25-10-7-11-26(22-25)38-39(43-34-18-4-3-17-33(34)42-38)27-12-8-13-29(23-27)40-44-35-19-5-6-20-36(35)45-40;1-2-17-31-29(15-1)30-16-3-4-18-32(30)41-37(31)25-11-9-12-26(23-25)38-39(43-34-20-6-5-19-33(34)42-38)27-13-10-14-28(24-27)40-44-35-21-7-8-22-36(35)45-40/h3*1-24H. The average Bonchev–Trinajstić information content (AvgIpc) is 1.45. The number of oxazole rings is 3. The molecule has 0 spiro atoms. The van der Waals surface area contributed by atoms with Crippen molar-refractivity contribution in [1.82, 2.24) is 59.8 Å². The van der Waals surface area contributed by atoms with Gasteiger partial charge in [-0.3, -0.25) is 9.97 Å². The summed E-state index contributed by atoms with van der Waals surface area (Å²) in [5.74, 6) is 1.73. The van der Waals surface area contributed by atoms with E-state index in [1.165, 1.54) is 10.8 Å². The Morgan fingerprint density at radius 3 is 0.889 bits per heavy atom. The molecular formula is C120H72N12O3. The van der Waals surface area contributed by atoms with Crippen LogP contribution in [0.25, 0.3) is 267 Å². The van der Waals surface area contributed by atoms with Crippen molar-refractivity contribution in [3.8, 4) is 135 Å². The zero-order valence-electron chi connectivity index (χ0n) is 72.2. The Bertz CT molecular complexity index is 8940. The highest BCUT2D eigenvalue weighted by molar-refractivity contribution is 6.14. The minimum atomic E-state index is 0.574. The van der Waals surface area contributed by atoms with Crippen LogP contribution < -0.4 is 0 Å². The maximum Gasteiger partial charge on any atom is 0.227 e. The summed E-state index contributed by atoms with van der Waals surface area (Å²) in [5, 5.41) is 10.3. The summed E-state index contributed by atoms with van der Waals surface area (Å²) in [6.07, 6.45) is 3.71. The van der Waals surface area contributed by atoms with Gasteiger partial charge < -0.3 is 13.3 Å². The molecule has 0 N–H and O–H groups in total. The van der Waals surface area contributed by atoms with E-state index in [2.05, 4.69) is 224 Å². The molecule has 0 bridgehead atoms. The first-order valence-corrected chi connectivity index (χ1v) is 44.7. The number of rotatable bonds is 12. The second kappa shape index (κ2) is 33.5. The van der Waals surface area contributed by atoms with Crippen molar-refractivity contribution >= 4 is 131 Å². The highest BCUT2D eigenvalue weighted by Gasteiger charge is 2.24. The first-order valence-electron chi connectivity index (χ1n) is 44.7. The molecule has 0 unspecified atom stereocenters. The van der Waals surface area contributed by atoms with Crippen LogP contribution in [0.2, 0.25) is 0 Å². The third-order valence-electron chi connectivity index (χ3n) is 24.9. The van der Waals surface area contributed by atoms with Crippen LogP contribution in [0.15, 0.2) is 450 Å². The minimum Gasteiger partial charge on any atom is -0.436 e. The van der Waals surface area contributed by atoms with E-state index in [0.717, 1.165) is 238 Å². The molecule has 0 aliphatic rings. The van der Waals surface area contributed by atoms with E-state index >= 15 is 0 Å². The van der Waals surface area contributed by atoms with Gasteiger partial charge in [-0.1, -0.05) is 267 Å². The summed E-state index contributed by atoms with van der Waals surface area (Å²) in [6.45, 7) is 0. The number of pyridine rings is 3. The molecule has 0 aliphatic carbocycles. The molecule has 0 fully saturated rings. The van der Waals surface area contributed by atoms with Crippen molar-refractivity contribution in [2.24, 2.45) is 0 Å². The largest absolute Gasteiger partial charge is 0.436 e. The van der Waals surface area contributed by atoms with Gasteiger partial charge in [-0.15, -0.1) is 0 Å². The van der Waals surface area contributed by atoms with E-state index in [1.54, 1.807) is 0 Å². The molecular weight excluding hydrogens is 1660 g/mol. The van der Waals surface area contributed by atoms with E-state index in [0.29, 0.717) is 17.7 Å². The Labute approximate surface area is 771 Å². The number of fused-ring (bicyclic) bond motifs is 15. The van der Waals surface area contributed by atoms with Crippen LogP contribution in [-0.4, -0.2) is 59.8 Å². The van der Waals surface area contributed by atoms with Gasteiger partial charge in [0.1, 0.15) is 16.6 Å². The van der Waals surface area contributed by atoms with Crippen LogP contribution in [0.4, 0.5) is 0 Å². The lowest BCUT2D eigenvalue weighted by Crippen LogP contribution is -1.96. The second-order valence-electron chi connectivity index (χ2n) is 33.3.